The van der Waals surface area contributed by atoms with Crippen LogP contribution in [0.2, 0.25) is 0 Å². The number of amides is 1. The largest absolute Gasteiger partial charge is 0.379 e. The van der Waals surface area contributed by atoms with Crippen LogP contribution in [0.15, 0.2) is 18.2 Å². The van der Waals surface area contributed by atoms with Crippen molar-refractivity contribution in [1.29, 1.82) is 0 Å². The number of rotatable bonds is 5. The van der Waals surface area contributed by atoms with Gasteiger partial charge in [0.2, 0.25) is 0 Å². The second-order valence-corrected chi connectivity index (χ2v) is 5.94. The van der Waals surface area contributed by atoms with Gasteiger partial charge in [0.25, 0.3) is 5.91 Å². The van der Waals surface area contributed by atoms with Gasteiger partial charge in [-0.05, 0) is 44.1 Å². The molecular weight excluding hydrogens is 290 g/mol. The molecule has 1 unspecified atom stereocenters. The predicted octanol–water partition coefficient (Wildman–Crippen LogP) is 1.77. The summed E-state index contributed by atoms with van der Waals surface area (Å²) in [5.74, 6) is -2.18. The standard InChI is InChI=1S/C16H22F2N2O2/c1-3-19(2)11-16(22)7-4-8-20(15(16)21)10-12-5-6-13(17)14(18)9-12/h5-6,9,22H,3-4,7-8,10-11H2,1-2H3. The van der Waals surface area contributed by atoms with Crippen molar-refractivity contribution in [2.75, 3.05) is 26.7 Å². The van der Waals surface area contributed by atoms with E-state index in [4.69, 9.17) is 0 Å². The molecule has 1 atom stereocenters. The Morgan fingerprint density at radius 2 is 2.09 bits per heavy atom. The van der Waals surface area contributed by atoms with E-state index >= 15 is 0 Å². The third-order valence-corrected chi connectivity index (χ3v) is 4.13. The lowest BCUT2D eigenvalue weighted by Gasteiger charge is -2.40. The lowest BCUT2D eigenvalue weighted by molar-refractivity contribution is -0.159. The van der Waals surface area contributed by atoms with Crippen molar-refractivity contribution in [3.05, 3.63) is 35.4 Å². The fourth-order valence-electron chi connectivity index (χ4n) is 2.78. The van der Waals surface area contributed by atoms with E-state index in [1.807, 2.05) is 18.9 Å². The number of hydrogen-bond donors (Lipinski definition) is 1. The molecule has 1 heterocycles. The minimum absolute atomic E-state index is 0.175. The third-order valence-electron chi connectivity index (χ3n) is 4.13. The number of piperidine rings is 1. The molecule has 2 rings (SSSR count). The van der Waals surface area contributed by atoms with Gasteiger partial charge in [-0.3, -0.25) is 4.79 Å². The van der Waals surface area contributed by atoms with Crippen molar-refractivity contribution in [1.82, 2.24) is 9.80 Å². The number of aliphatic hydroxyl groups is 1. The molecule has 1 amide bonds. The zero-order valence-electron chi connectivity index (χ0n) is 13.0. The molecule has 1 saturated heterocycles. The average molecular weight is 312 g/mol. The van der Waals surface area contributed by atoms with Gasteiger partial charge in [-0.15, -0.1) is 0 Å². The van der Waals surface area contributed by atoms with Crippen LogP contribution in [-0.4, -0.2) is 53.1 Å². The molecule has 1 N–H and O–H groups in total. The van der Waals surface area contributed by atoms with E-state index in [0.29, 0.717) is 24.9 Å². The second kappa shape index (κ2) is 6.71. The molecule has 1 fully saturated rings. The summed E-state index contributed by atoms with van der Waals surface area (Å²) in [6.07, 6.45) is 1.11. The van der Waals surface area contributed by atoms with Gasteiger partial charge in [-0.25, -0.2) is 8.78 Å². The smallest absolute Gasteiger partial charge is 0.256 e. The second-order valence-electron chi connectivity index (χ2n) is 5.94. The summed E-state index contributed by atoms with van der Waals surface area (Å²) in [5.41, 5.74) is -0.887. The summed E-state index contributed by atoms with van der Waals surface area (Å²) in [5, 5.41) is 10.6. The molecule has 1 aliphatic rings. The Bertz CT molecular complexity index is 553. The Labute approximate surface area is 129 Å². The molecular formula is C16H22F2N2O2. The van der Waals surface area contributed by atoms with Crippen LogP contribution in [0.25, 0.3) is 0 Å². The van der Waals surface area contributed by atoms with Gasteiger partial charge >= 0.3 is 0 Å². The maximum absolute atomic E-state index is 13.3. The van der Waals surface area contributed by atoms with E-state index in [0.717, 1.165) is 18.7 Å². The molecule has 0 radical (unpaired) electrons. The van der Waals surface area contributed by atoms with Crippen molar-refractivity contribution < 1.29 is 18.7 Å². The molecule has 0 saturated carbocycles. The maximum atomic E-state index is 13.3. The first-order valence-electron chi connectivity index (χ1n) is 7.50. The molecule has 0 aliphatic carbocycles. The van der Waals surface area contributed by atoms with Crippen LogP contribution in [0.1, 0.15) is 25.3 Å². The SMILES string of the molecule is CCN(C)CC1(O)CCCN(Cc2ccc(F)c(F)c2)C1=O. The molecule has 1 aromatic rings. The fraction of sp³-hybridized carbons (Fsp3) is 0.562. The number of hydrogen-bond acceptors (Lipinski definition) is 3. The van der Waals surface area contributed by atoms with Gasteiger partial charge in [-0.1, -0.05) is 13.0 Å². The minimum atomic E-state index is -1.40. The molecule has 122 valence electrons. The van der Waals surface area contributed by atoms with Gasteiger partial charge in [0.15, 0.2) is 17.2 Å². The first-order chi connectivity index (χ1) is 10.4. The van der Waals surface area contributed by atoms with E-state index in [1.165, 1.54) is 11.0 Å². The molecule has 0 bridgehead atoms. The molecule has 22 heavy (non-hydrogen) atoms. The topological polar surface area (TPSA) is 43.8 Å². The number of likely N-dealkylation sites (N-methyl/N-ethyl adjacent to an activating group) is 1. The number of benzene rings is 1. The summed E-state index contributed by atoms with van der Waals surface area (Å²) in [4.78, 5) is 15.9. The zero-order valence-corrected chi connectivity index (χ0v) is 13.0. The fourth-order valence-corrected chi connectivity index (χ4v) is 2.78. The summed E-state index contributed by atoms with van der Waals surface area (Å²) < 4.78 is 26.2. The Balaban J connectivity index is 2.11. The van der Waals surface area contributed by atoms with E-state index in [2.05, 4.69) is 0 Å². The Kier molecular flexibility index (Phi) is 5.13. The number of carbonyl (C=O) groups is 1. The van der Waals surface area contributed by atoms with Crippen molar-refractivity contribution in [3.63, 3.8) is 0 Å². The maximum Gasteiger partial charge on any atom is 0.256 e. The lowest BCUT2D eigenvalue weighted by Crippen LogP contribution is -2.57. The average Bonchev–Trinajstić information content (AvgIpc) is 2.48. The van der Waals surface area contributed by atoms with E-state index in [9.17, 15) is 18.7 Å². The Morgan fingerprint density at radius 3 is 2.73 bits per heavy atom. The van der Waals surface area contributed by atoms with E-state index < -0.39 is 17.2 Å². The summed E-state index contributed by atoms with van der Waals surface area (Å²) in [7, 11) is 1.85. The molecule has 1 aromatic carbocycles. The molecule has 0 aromatic heterocycles. The highest BCUT2D eigenvalue weighted by Gasteiger charge is 2.42. The molecule has 6 heteroatoms. The van der Waals surface area contributed by atoms with Crippen molar-refractivity contribution in [3.8, 4) is 0 Å². The monoisotopic (exact) mass is 312 g/mol. The normalized spacial score (nSPS) is 22.5. The zero-order chi connectivity index (χ0) is 16.3. The Hall–Kier alpha value is -1.53. The highest BCUT2D eigenvalue weighted by Crippen LogP contribution is 2.25. The van der Waals surface area contributed by atoms with Gasteiger partial charge in [-0.2, -0.15) is 0 Å². The van der Waals surface area contributed by atoms with Crippen LogP contribution < -0.4 is 0 Å². The molecule has 1 aliphatic heterocycles. The van der Waals surface area contributed by atoms with Gasteiger partial charge in [0.1, 0.15) is 0 Å². The summed E-state index contributed by atoms with van der Waals surface area (Å²) in [6.45, 7) is 3.65. The van der Waals surface area contributed by atoms with Crippen molar-refractivity contribution in [2.45, 2.75) is 31.9 Å². The number of carbonyl (C=O) groups excluding carboxylic acids is 1. The lowest BCUT2D eigenvalue weighted by atomic mass is 9.91. The number of likely N-dealkylation sites (tertiary alicyclic amines) is 1. The van der Waals surface area contributed by atoms with Crippen LogP contribution in [0, 0.1) is 11.6 Å². The first kappa shape index (κ1) is 16.8. The van der Waals surface area contributed by atoms with Crippen LogP contribution in [0.3, 0.4) is 0 Å². The highest BCUT2D eigenvalue weighted by atomic mass is 19.2. The number of nitrogens with zero attached hydrogens (tertiary/aromatic N) is 2. The van der Waals surface area contributed by atoms with Crippen molar-refractivity contribution in [2.24, 2.45) is 0 Å². The number of halogens is 2. The van der Waals surface area contributed by atoms with Crippen LogP contribution >= 0.6 is 0 Å². The Morgan fingerprint density at radius 1 is 1.36 bits per heavy atom. The molecule has 4 nitrogen and oxygen atoms in total. The van der Waals surface area contributed by atoms with Crippen LogP contribution in [0.5, 0.6) is 0 Å². The van der Waals surface area contributed by atoms with Gasteiger partial charge < -0.3 is 14.9 Å². The van der Waals surface area contributed by atoms with Crippen molar-refractivity contribution >= 4 is 5.91 Å². The van der Waals surface area contributed by atoms with Crippen LogP contribution in [-0.2, 0) is 11.3 Å². The summed E-state index contributed by atoms with van der Waals surface area (Å²) >= 11 is 0. The highest BCUT2D eigenvalue weighted by molar-refractivity contribution is 5.86. The van der Waals surface area contributed by atoms with Gasteiger partial charge in [0, 0.05) is 19.6 Å². The van der Waals surface area contributed by atoms with Crippen LogP contribution in [0.4, 0.5) is 8.78 Å². The quantitative estimate of drug-likeness (QED) is 0.901. The summed E-state index contributed by atoms with van der Waals surface area (Å²) in [6, 6.07) is 3.60. The van der Waals surface area contributed by atoms with E-state index in [1.54, 1.807) is 0 Å². The first-order valence-corrected chi connectivity index (χ1v) is 7.50. The predicted molar refractivity (Wildman–Crippen MR) is 79.1 cm³/mol. The van der Waals surface area contributed by atoms with E-state index in [-0.39, 0.29) is 19.0 Å². The van der Waals surface area contributed by atoms with Gasteiger partial charge in [0.05, 0.1) is 0 Å². The minimum Gasteiger partial charge on any atom is -0.379 e. The molecule has 0 spiro atoms. The third kappa shape index (κ3) is 3.62.